The number of Topliss-reactive ketones (excluding diaryl/α,β-unsaturated/α-hetero) is 2. The highest BCUT2D eigenvalue weighted by molar-refractivity contribution is 5.90. The van der Waals surface area contributed by atoms with Gasteiger partial charge in [0.25, 0.3) is 0 Å². The van der Waals surface area contributed by atoms with Gasteiger partial charge in [-0.1, -0.05) is 174 Å². The van der Waals surface area contributed by atoms with E-state index in [9.17, 15) is 95.8 Å². The summed E-state index contributed by atoms with van der Waals surface area (Å²) in [6, 6.07) is -4.22. The van der Waals surface area contributed by atoms with Gasteiger partial charge >= 0.3 is 0 Å². The summed E-state index contributed by atoms with van der Waals surface area (Å²) in [4.78, 5) is 52.4. The molecule has 29 heteroatoms. The molecule has 3 aliphatic rings. The monoisotopic (exact) mass is 1370 g/mol. The van der Waals surface area contributed by atoms with Crippen LogP contribution in [0.4, 0.5) is 0 Å². The van der Waals surface area contributed by atoms with Gasteiger partial charge in [-0.05, 0) is 19.3 Å². The minimum atomic E-state index is -2.16. The number of nitrogens with one attached hydrogen (secondary N) is 2. The molecule has 29 nitrogen and oxygen atoms in total. The number of carbonyl (C=O) groups excluding carboxylic acids is 4. The average molecular weight is 1370 g/mol. The number of nitrogens with two attached hydrogens (primary N) is 1. The van der Waals surface area contributed by atoms with Crippen molar-refractivity contribution in [1.82, 2.24) is 10.6 Å². The number of carbonyl (C=O) groups is 4. The molecule has 0 aliphatic carbocycles. The largest absolute Gasteiger partial charge is 0.395 e. The van der Waals surface area contributed by atoms with Crippen LogP contribution in [0.3, 0.4) is 0 Å². The molecule has 95 heavy (non-hydrogen) atoms. The predicted octanol–water partition coefficient (Wildman–Crippen LogP) is -0.794. The van der Waals surface area contributed by atoms with E-state index in [4.69, 9.17) is 39.3 Å². The minimum Gasteiger partial charge on any atom is -0.395 e. The molecule has 3 saturated heterocycles. The minimum absolute atomic E-state index is 0.00228. The lowest BCUT2D eigenvalue weighted by Crippen LogP contribution is -2.66. The van der Waals surface area contributed by atoms with Gasteiger partial charge in [0.05, 0.1) is 63.4 Å². The Morgan fingerprint density at radius 1 is 0.484 bits per heavy atom. The quantitative estimate of drug-likeness (QED) is 0.0332. The van der Waals surface area contributed by atoms with E-state index in [1.807, 2.05) is 0 Å². The van der Waals surface area contributed by atoms with Gasteiger partial charge in [0.2, 0.25) is 11.8 Å². The molecular weight excluding hydrogens is 1250 g/mol. The first kappa shape index (κ1) is 86.6. The van der Waals surface area contributed by atoms with Gasteiger partial charge in [-0.2, -0.15) is 0 Å². The van der Waals surface area contributed by atoms with Crippen LogP contribution in [-0.4, -0.2) is 279 Å². The number of ketones is 2. The van der Waals surface area contributed by atoms with Crippen LogP contribution in [0.1, 0.15) is 219 Å². The van der Waals surface area contributed by atoms with Crippen molar-refractivity contribution < 1.29 is 129 Å². The number of rotatable bonds is 54. The van der Waals surface area contributed by atoms with Crippen LogP contribution in [0, 0.1) is 0 Å². The van der Waals surface area contributed by atoms with Gasteiger partial charge in [-0.15, -0.1) is 0 Å². The number of aliphatic hydroxyl groups excluding tert-OH is 16. The standard InChI is InChI=1S/C66H123N3O26/c1-3-4-5-6-7-8-9-10-11-12-13-14-15-16-19-22-25-28-31-44(75)46(77)34-48(79)63(89)69-43(54(81)47(78)33-41(74)30-27-24-21-18-17-20-23-26-29-32-45(76)53(80)42(67)35-70)38-90-66-62(95-65-61(88)59(86)56(83)50(37-72)93-65)60(87)57(84)51(94-66)39-91-64-52(68-40(2)73)58(85)55(82)49(36-71)92-64/h42-45,47-62,64-66,70-72,75-76,78-88H,3-39,67H2,1-2H3,(H,68,73)(H,69,89)/t42-,43-,44+,45+,47+,48+,49+,50+,51+,52+,53-,54-,55-,56-,57-,58+,59-,60-,61+,62+,64+,65+,66-/m0/s1. The van der Waals surface area contributed by atoms with Crippen LogP contribution in [-0.2, 0) is 47.6 Å². The van der Waals surface area contributed by atoms with Crippen molar-refractivity contribution in [2.45, 2.75) is 360 Å². The fourth-order valence-electron chi connectivity index (χ4n) is 12.2. The van der Waals surface area contributed by atoms with Gasteiger partial charge in [0.15, 0.2) is 24.7 Å². The SMILES string of the molecule is CCCCCCCCCCCCCCCCCCCC[C@@H](O)C(=O)C[C@@H](O)C(=O)N[C@@H](CO[C@H]1O[C@H](CO[C@@H]2O[C@H](CO)[C@H](O)[C@H](O)[C@H]2NC(C)=O)[C@H](O)[C@H](O)[C@H]1O[C@H]1O[C@H](CO)[C@H](O)[C@H](O)[C@H]1O)[C@H](O)[C@H](O)CC(=O)CCCCCCCCCCC[C@@H](O)[C@@H](O)[C@@H](N)CO. The van der Waals surface area contributed by atoms with Gasteiger partial charge in [0.1, 0.15) is 97.3 Å². The second kappa shape index (κ2) is 49.0. The number of unbranched alkanes of at least 4 members (excludes halogenated alkanes) is 25. The Balaban J connectivity index is 1.71. The Hall–Kier alpha value is -2.64. The molecule has 3 aliphatic heterocycles. The number of ether oxygens (including phenoxy) is 6. The smallest absolute Gasteiger partial charge is 0.249 e. The van der Waals surface area contributed by atoms with Gasteiger partial charge in [-0.3, -0.25) is 19.2 Å². The second-order valence-electron chi connectivity index (χ2n) is 26.5. The molecule has 0 aromatic carbocycles. The first-order valence-electron chi connectivity index (χ1n) is 35.3. The zero-order chi connectivity index (χ0) is 70.4. The lowest BCUT2D eigenvalue weighted by Gasteiger charge is -2.47. The fraction of sp³-hybridized carbons (Fsp3) is 0.939. The Morgan fingerprint density at radius 3 is 1.45 bits per heavy atom. The third-order valence-corrected chi connectivity index (χ3v) is 18.4. The molecule has 0 unspecified atom stereocenters. The predicted molar refractivity (Wildman–Crippen MR) is 343 cm³/mol. The molecule has 0 saturated carbocycles. The van der Waals surface area contributed by atoms with Crippen molar-refractivity contribution in [2.75, 3.05) is 33.0 Å². The van der Waals surface area contributed by atoms with Crippen molar-refractivity contribution in [3.05, 3.63) is 0 Å². The van der Waals surface area contributed by atoms with Gasteiger partial charge in [-0.25, -0.2) is 0 Å². The summed E-state index contributed by atoms with van der Waals surface area (Å²) in [5, 5.41) is 175. The molecule has 0 radical (unpaired) electrons. The summed E-state index contributed by atoms with van der Waals surface area (Å²) in [5.74, 6) is -3.31. The maximum atomic E-state index is 13.8. The van der Waals surface area contributed by atoms with E-state index in [-0.39, 0.29) is 12.8 Å². The molecule has 0 aromatic rings. The van der Waals surface area contributed by atoms with Crippen LogP contribution >= 0.6 is 0 Å². The van der Waals surface area contributed by atoms with Gasteiger partial charge < -0.3 is 126 Å². The summed E-state index contributed by atoms with van der Waals surface area (Å²) in [5.41, 5.74) is 5.59. The van der Waals surface area contributed by atoms with Gasteiger partial charge in [0, 0.05) is 26.2 Å². The maximum absolute atomic E-state index is 13.8. The van der Waals surface area contributed by atoms with E-state index in [1.165, 1.54) is 77.0 Å². The molecule has 3 fully saturated rings. The van der Waals surface area contributed by atoms with Crippen LogP contribution < -0.4 is 16.4 Å². The Bertz CT molecular complexity index is 2040. The average Bonchev–Trinajstić information content (AvgIpc) is 0.792. The van der Waals surface area contributed by atoms with Crippen LogP contribution in [0.5, 0.6) is 0 Å². The molecule has 3 rings (SSSR count). The molecule has 0 bridgehead atoms. The zero-order valence-corrected chi connectivity index (χ0v) is 56.3. The lowest BCUT2D eigenvalue weighted by molar-refractivity contribution is -0.371. The first-order chi connectivity index (χ1) is 45.4. The first-order valence-corrected chi connectivity index (χ1v) is 35.3. The normalized spacial score (nSPS) is 29.0. The molecule has 2 amide bonds. The Labute approximate surface area is 560 Å². The topological polar surface area (TPSA) is 497 Å². The third kappa shape index (κ3) is 31.8. The molecule has 23 atom stereocenters. The highest BCUT2D eigenvalue weighted by Gasteiger charge is 2.53. The molecule has 3 heterocycles. The summed E-state index contributed by atoms with van der Waals surface area (Å²) >= 11 is 0. The Kier molecular flexibility index (Phi) is 44.7. The number of aliphatic hydroxyl groups is 16. The number of hydrogen-bond acceptors (Lipinski definition) is 27. The molecule has 0 aromatic heterocycles. The lowest BCUT2D eigenvalue weighted by atomic mass is 9.96. The summed E-state index contributed by atoms with van der Waals surface area (Å²) in [7, 11) is 0. The van der Waals surface area contributed by atoms with E-state index in [1.54, 1.807) is 0 Å². The maximum Gasteiger partial charge on any atom is 0.249 e. The summed E-state index contributed by atoms with van der Waals surface area (Å²) in [6.07, 6.45) is -9.13. The second-order valence-corrected chi connectivity index (χ2v) is 26.5. The summed E-state index contributed by atoms with van der Waals surface area (Å²) in [6.45, 7) is -0.618. The van der Waals surface area contributed by atoms with E-state index < -0.39 is 210 Å². The molecule has 20 N–H and O–H groups in total. The van der Waals surface area contributed by atoms with Crippen molar-refractivity contribution in [2.24, 2.45) is 5.73 Å². The summed E-state index contributed by atoms with van der Waals surface area (Å²) < 4.78 is 34.8. The van der Waals surface area contributed by atoms with Crippen molar-refractivity contribution >= 4 is 23.4 Å². The third-order valence-electron chi connectivity index (χ3n) is 18.4. The van der Waals surface area contributed by atoms with Crippen molar-refractivity contribution in [1.29, 1.82) is 0 Å². The molecule has 0 spiro atoms. The number of amides is 2. The van der Waals surface area contributed by atoms with E-state index in [2.05, 4.69) is 17.6 Å². The van der Waals surface area contributed by atoms with Crippen molar-refractivity contribution in [3.63, 3.8) is 0 Å². The van der Waals surface area contributed by atoms with Crippen LogP contribution in [0.25, 0.3) is 0 Å². The van der Waals surface area contributed by atoms with Crippen LogP contribution in [0.2, 0.25) is 0 Å². The fourth-order valence-corrected chi connectivity index (χ4v) is 12.2. The van der Waals surface area contributed by atoms with E-state index in [0.717, 1.165) is 77.6 Å². The van der Waals surface area contributed by atoms with E-state index in [0.29, 0.717) is 32.1 Å². The molecular formula is C66H123N3O26. The van der Waals surface area contributed by atoms with Crippen molar-refractivity contribution in [3.8, 4) is 0 Å². The Morgan fingerprint density at radius 2 is 0.947 bits per heavy atom. The zero-order valence-electron chi connectivity index (χ0n) is 56.3. The highest BCUT2D eigenvalue weighted by Crippen LogP contribution is 2.32. The van der Waals surface area contributed by atoms with Crippen LogP contribution in [0.15, 0.2) is 0 Å². The molecule has 558 valence electrons. The number of hydrogen-bond donors (Lipinski definition) is 19. The van der Waals surface area contributed by atoms with E-state index >= 15 is 0 Å². The highest BCUT2D eigenvalue weighted by atomic mass is 16.8.